The molecular weight excluding hydrogens is 188 g/mol. The van der Waals surface area contributed by atoms with Crippen molar-refractivity contribution in [3.05, 3.63) is 36.8 Å². The molecule has 0 nitrogen and oxygen atoms in total. The highest BCUT2D eigenvalue weighted by Crippen LogP contribution is 2.24. The molecule has 1 aromatic rings. The molecule has 0 atom stereocenters. The van der Waals surface area contributed by atoms with Crippen LogP contribution in [0.15, 0.2) is 29.2 Å². The molecule has 1 heteroatoms. The summed E-state index contributed by atoms with van der Waals surface area (Å²) in [5.41, 5.74) is 1.46. The lowest BCUT2D eigenvalue weighted by Crippen LogP contribution is -1.88. The average molecular weight is 207 g/mol. The number of rotatable bonds is 6. The van der Waals surface area contributed by atoms with Gasteiger partial charge >= 0.3 is 0 Å². The molecule has 1 radical (unpaired) electrons. The summed E-state index contributed by atoms with van der Waals surface area (Å²) < 4.78 is 0. The molecule has 1 rings (SSSR count). The van der Waals surface area contributed by atoms with E-state index >= 15 is 0 Å². The minimum Gasteiger partial charge on any atom is -0.126 e. The van der Waals surface area contributed by atoms with Gasteiger partial charge in [-0.05, 0) is 36.6 Å². The maximum Gasteiger partial charge on any atom is 0.0104 e. The predicted octanol–water partition coefficient (Wildman–Crippen LogP) is 4.35. The molecule has 0 amide bonds. The third kappa shape index (κ3) is 3.75. The molecule has 0 saturated heterocycles. The van der Waals surface area contributed by atoms with E-state index in [4.69, 9.17) is 0 Å². The average Bonchev–Trinajstić information content (AvgIpc) is 2.21. The maximum atomic E-state index is 3.91. The van der Waals surface area contributed by atoms with E-state index < -0.39 is 0 Å². The van der Waals surface area contributed by atoms with Gasteiger partial charge in [-0.1, -0.05) is 38.5 Å². The Labute approximate surface area is 92.1 Å². The van der Waals surface area contributed by atoms with Gasteiger partial charge in [-0.15, -0.1) is 11.8 Å². The molecule has 77 valence electrons. The third-order valence-electron chi connectivity index (χ3n) is 2.17. The summed E-state index contributed by atoms with van der Waals surface area (Å²) in [5.74, 6) is 1.24. The number of aryl methyl sites for hydroxylation is 1. The molecular formula is C13H19S. The summed E-state index contributed by atoms with van der Waals surface area (Å²) in [6, 6.07) is 8.69. The van der Waals surface area contributed by atoms with E-state index in [0.717, 1.165) is 12.8 Å². The first-order valence-electron chi connectivity index (χ1n) is 5.38. The zero-order chi connectivity index (χ0) is 10.2. The van der Waals surface area contributed by atoms with Crippen molar-refractivity contribution < 1.29 is 0 Å². The summed E-state index contributed by atoms with van der Waals surface area (Å²) >= 11 is 1.98. The zero-order valence-corrected chi connectivity index (χ0v) is 9.78. The van der Waals surface area contributed by atoms with E-state index in [1.165, 1.54) is 29.1 Å². The van der Waals surface area contributed by atoms with Crippen molar-refractivity contribution in [2.45, 2.75) is 37.5 Å². The van der Waals surface area contributed by atoms with Gasteiger partial charge in [0.2, 0.25) is 0 Å². The highest BCUT2D eigenvalue weighted by molar-refractivity contribution is 7.99. The van der Waals surface area contributed by atoms with Crippen molar-refractivity contribution in [3.63, 3.8) is 0 Å². The Morgan fingerprint density at radius 3 is 2.79 bits per heavy atom. The van der Waals surface area contributed by atoms with Crippen LogP contribution < -0.4 is 0 Å². The van der Waals surface area contributed by atoms with Gasteiger partial charge in [-0.25, -0.2) is 0 Å². The number of benzene rings is 1. The number of unbranched alkanes of at least 4 members (excludes halogenated alkanes) is 1. The highest BCUT2D eigenvalue weighted by atomic mass is 32.2. The normalized spacial score (nSPS) is 10.4. The van der Waals surface area contributed by atoms with Crippen molar-refractivity contribution in [2.75, 3.05) is 5.75 Å². The summed E-state index contributed by atoms with van der Waals surface area (Å²) in [6.45, 7) is 6.15. The fourth-order valence-corrected chi connectivity index (χ4v) is 2.55. The van der Waals surface area contributed by atoms with E-state index in [2.05, 4.69) is 38.1 Å². The molecule has 0 unspecified atom stereocenters. The molecule has 0 bridgehead atoms. The molecule has 0 N–H and O–H groups in total. The fourth-order valence-electron chi connectivity index (χ4n) is 1.37. The Morgan fingerprint density at radius 1 is 1.29 bits per heavy atom. The van der Waals surface area contributed by atoms with Crippen LogP contribution in [0.5, 0.6) is 0 Å². The van der Waals surface area contributed by atoms with Crippen LogP contribution in [0.2, 0.25) is 0 Å². The number of hydrogen-bond acceptors (Lipinski definition) is 1. The molecule has 0 heterocycles. The Hall–Kier alpha value is -0.430. The van der Waals surface area contributed by atoms with Gasteiger partial charge in [0.25, 0.3) is 0 Å². The molecule has 0 aliphatic carbocycles. The molecule has 0 fully saturated rings. The Morgan fingerprint density at radius 2 is 2.07 bits per heavy atom. The van der Waals surface area contributed by atoms with Crippen LogP contribution in [-0.4, -0.2) is 5.75 Å². The van der Waals surface area contributed by atoms with Crippen LogP contribution in [0, 0.1) is 6.92 Å². The van der Waals surface area contributed by atoms with Gasteiger partial charge in [0, 0.05) is 4.90 Å². The lowest BCUT2D eigenvalue weighted by Gasteiger charge is -2.07. The second-order valence-corrected chi connectivity index (χ2v) is 4.55. The monoisotopic (exact) mass is 207 g/mol. The van der Waals surface area contributed by atoms with E-state index in [1.54, 1.807) is 0 Å². The molecule has 0 saturated carbocycles. The van der Waals surface area contributed by atoms with Gasteiger partial charge in [0.15, 0.2) is 0 Å². The van der Waals surface area contributed by atoms with E-state index in [1.807, 2.05) is 11.8 Å². The molecule has 14 heavy (non-hydrogen) atoms. The summed E-state index contributed by atoms with van der Waals surface area (Å²) in [4.78, 5) is 1.45. The summed E-state index contributed by atoms with van der Waals surface area (Å²) in [5, 5.41) is 0. The van der Waals surface area contributed by atoms with Gasteiger partial charge in [0.1, 0.15) is 0 Å². The topological polar surface area (TPSA) is 0 Å². The lowest BCUT2D eigenvalue weighted by molar-refractivity contribution is 0.894. The van der Waals surface area contributed by atoms with Crippen molar-refractivity contribution in [1.29, 1.82) is 0 Å². The van der Waals surface area contributed by atoms with Gasteiger partial charge in [0.05, 0.1) is 0 Å². The van der Waals surface area contributed by atoms with Crippen molar-refractivity contribution in [1.82, 2.24) is 0 Å². The quantitative estimate of drug-likeness (QED) is 0.494. The van der Waals surface area contributed by atoms with E-state index in [-0.39, 0.29) is 0 Å². The Kier molecular flexibility index (Phi) is 5.77. The third-order valence-corrected chi connectivity index (χ3v) is 3.38. The number of thioether (sulfide) groups is 1. The van der Waals surface area contributed by atoms with Crippen molar-refractivity contribution >= 4 is 11.8 Å². The van der Waals surface area contributed by atoms with Crippen LogP contribution in [0.3, 0.4) is 0 Å². The van der Waals surface area contributed by atoms with Gasteiger partial charge < -0.3 is 0 Å². The maximum absolute atomic E-state index is 3.91. The van der Waals surface area contributed by atoms with Crippen molar-refractivity contribution in [3.8, 4) is 0 Å². The summed E-state index contributed by atoms with van der Waals surface area (Å²) in [6.07, 6.45) is 4.69. The minimum absolute atomic E-state index is 0.991. The second-order valence-electron chi connectivity index (χ2n) is 3.41. The zero-order valence-electron chi connectivity index (χ0n) is 8.96. The Bertz CT molecular complexity index is 255. The minimum atomic E-state index is 0.991. The fraction of sp³-hybridized carbons (Fsp3) is 0.462. The SMILES string of the molecule is [CH2]CCc1ccccc1SCCCC. The van der Waals surface area contributed by atoms with Gasteiger partial charge in [-0.2, -0.15) is 0 Å². The van der Waals surface area contributed by atoms with Crippen molar-refractivity contribution in [2.24, 2.45) is 0 Å². The van der Waals surface area contributed by atoms with Crippen LogP contribution in [0.4, 0.5) is 0 Å². The molecule has 0 aliphatic rings. The summed E-state index contributed by atoms with van der Waals surface area (Å²) in [7, 11) is 0. The first kappa shape index (κ1) is 11.6. The van der Waals surface area contributed by atoms with Crippen LogP contribution in [0.1, 0.15) is 31.7 Å². The molecule has 0 aromatic heterocycles. The van der Waals surface area contributed by atoms with Gasteiger partial charge in [-0.3, -0.25) is 0 Å². The molecule has 0 spiro atoms. The van der Waals surface area contributed by atoms with Crippen LogP contribution in [-0.2, 0) is 6.42 Å². The second kappa shape index (κ2) is 6.94. The highest BCUT2D eigenvalue weighted by Gasteiger charge is 2.00. The largest absolute Gasteiger partial charge is 0.126 e. The first-order chi connectivity index (χ1) is 6.88. The first-order valence-corrected chi connectivity index (χ1v) is 6.37. The Balaban J connectivity index is 2.55. The lowest BCUT2D eigenvalue weighted by atomic mass is 10.1. The van der Waals surface area contributed by atoms with E-state index in [0.29, 0.717) is 0 Å². The standard InChI is InChI=1S/C13H19S/c1-3-5-11-14-13-10-7-6-9-12(13)8-4-2/h6-7,9-10H,2-5,8,11H2,1H3. The molecule has 0 aliphatic heterocycles. The van der Waals surface area contributed by atoms with E-state index in [9.17, 15) is 0 Å². The van der Waals surface area contributed by atoms with Crippen LogP contribution in [0.25, 0.3) is 0 Å². The predicted molar refractivity (Wildman–Crippen MR) is 65.8 cm³/mol. The van der Waals surface area contributed by atoms with Crippen LogP contribution >= 0.6 is 11.8 Å². The smallest absolute Gasteiger partial charge is 0.0104 e. The molecule has 1 aromatic carbocycles. The number of hydrogen-bond donors (Lipinski definition) is 0.